The minimum atomic E-state index is 0.610. The van der Waals surface area contributed by atoms with Gasteiger partial charge in [-0.1, -0.05) is 6.92 Å². The molecule has 3 N–H and O–H groups in total. The third-order valence-electron chi connectivity index (χ3n) is 3.93. The molecular weight excluding hydrogens is 252 g/mol. The highest BCUT2D eigenvalue weighted by atomic mass is 15.3. The first kappa shape index (κ1) is 15.0. The zero-order valence-corrected chi connectivity index (χ0v) is 12.8. The van der Waals surface area contributed by atoms with Crippen LogP contribution in [0.3, 0.4) is 0 Å². The molecule has 0 spiro atoms. The number of likely N-dealkylation sites (N-methyl/N-ethyl adjacent to an activating group) is 2. The Bertz CT molecular complexity index is 436. The molecule has 2 rings (SSSR count). The van der Waals surface area contributed by atoms with E-state index in [2.05, 4.69) is 46.2 Å². The summed E-state index contributed by atoms with van der Waals surface area (Å²) in [5, 5.41) is 0. The van der Waals surface area contributed by atoms with Crippen LogP contribution < -0.4 is 16.2 Å². The molecule has 1 aromatic heterocycles. The molecule has 1 saturated heterocycles. The van der Waals surface area contributed by atoms with E-state index < -0.39 is 0 Å². The average Bonchev–Trinajstić information content (AvgIpc) is 2.84. The Labute approximate surface area is 121 Å². The van der Waals surface area contributed by atoms with Gasteiger partial charge >= 0.3 is 0 Å². The third-order valence-corrected chi connectivity index (χ3v) is 3.93. The Balaban J connectivity index is 2.11. The molecule has 1 aliphatic rings. The number of aryl methyl sites for hydroxylation is 1. The highest BCUT2D eigenvalue weighted by Gasteiger charge is 2.22. The fourth-order valence-corrected chi connectivity index (χ4v) is 2.71. The van der Waals surface area contributed by atoms with Crippen molar-refractivity contribution in [1.82, 2.24) is 14.9 Å². The maximum atomic E-state index is 5.50. The SMILES string of the molecule is CCCc1nc(NN)cc(N(C)CC2CCCN2C)n1. The van der Waals surface area contributed by atoms with E-state index in [1.165, 1.54) is 19.4 Å². The van der Waals surface area contributed by atoms with Gasteiger partial charge in [0.05, 0.1) is 0 Å². The molecule has 0 radical (unpaired) electrons. The number of rotatable bonds is 6. The Morgan fingerprint density at radius 2 is 2.30 bits per heavy atom. The summed E-state index contributed by atoms with van der Waals surface area (Å²) in [4.78, 5) is 13.7. The summed E-state index contributed by atoms with van der Waals surface area (Å²) in [5.74, 6) is 7.98. The number of nitrogen functional groups attached to an aromatic ring is 1. The lowest BCUT2D eigenvalue weighted by molar-refractivity contribution is 0.314. The van der Waals surface area contributed by atoms with Crippen molar-refractivity contribution in [3.63, 3.8) is 0 Å². The summed E-state index contributed by atoms with van der Waals surface area (Å²) >= 11 is 0. The molecule has 0 amide bonds. The lowest BCUT2D eigenvalue weighted by Crippen LogP contribution is -2.37. The van der Waals surface area contributed by atoms with Crippen molar-refractivity contribution >= 4 is 11.6 Å². The molecule has 1 unspecified atom stereocenters. The molecule has 0 saturated carbocycles. The van der Waals surface area contributed by atoms with Gasteiger partial charge < -0.3 is 15.2 Å². The molecule has 1 aromatic rings. The molecule has 0 aliphatic carbocycles. The lowest BCUT2D eigenvalue weighted by Gasteiger charge is -2.27. The van der Waals surface area contributed by atoms with Crippen LogP contribution in [0.2, 0.25) is 0 Å². The predicted molar refractivity (Wildman–Crippen MR) is 82.8 cm³/mol. The van der Waals surface area contributed by atoms with Crippen molar-refractivity contribution in [2.75, 3.05) is 37.5 Å². The lowest BCUT2D eigenvalue weighted by atomic mass is 10.2. The second kappa shape index (κ2) is 6.85. The van der Waals surface area contributed by atoms with Gasteiger partial charge in [-0.25, -0.2) is 15.8 Å². The molecule has 2 heterocycles. The maximum absolute atomic E-state index is 5.50. The number of likely N-dealkylation sites (tertiary alicyclic amines) is 1. The van der Waals surface area contributed by atoms with E-state index in [0.29, 0.717) is 11.9 Å². The Hall–Kier alpha value is -1.40. The van der Waals surface area contributed by atoms with Crippen LogP contribution in [0.15, 0.2) is 6.07 Å². The highest BCUT2D eigenvalue weighted by molar-refractivity contribution is 5.48. The van der Waals surface area contributed by atoms with E-state index in [9.17, 15) is 0 Å². The van der Waals surface area contributed by atoms with Gasteiger partial charge in [-0.15, -0.1) is 0 Å². The largest absolute Gasteiger partial charge is 0.358 e. The molecule has 1 fully saturated rings. The van der Waals surface area contributed by atoms with Crippen molar-refractivity contribution in [3.05, 3.63) is 11.9 Å². The predicted octanol–water partition coefficient (Wildman–Crippen LogP) is 1.25. The van der Waals surface area contributed by atoms with E-state index in [4.69, 9.17) is 5.84 Å². The van der Waals surface area contributed by atoms with E-state index in [0.717, 1.165) is 31.0 Å². The van der Waals surface area contributed by atoms with Gasteiger partial charge in [0, 0.05) is 32.1 Å². The van der Waals surface area contributed by atoms with Crippen LogP contribution in [0.1, 0.15) is 32.0 Å². The Morgan fingerprint density at radius 3 is 2.90 bits per heavy atom. The van der Waals surface area contributed by atoms with Gasteiger partial charge in [-0.3, -0.25) is 0 Å². The normalized spacial score (nSPS) is 19.3. The highest BCUT2D eigenvalue weighted by Crippen LogP contribution is 2.20. The quantitative estimate of drug-likeness (QED) is 0.603. The topological polar surface area (TPSA) is 70.3 Å². The van der Waals surface area contributed by atoms with Crippen LogP contribution >= 0.6 is 0 Å². The number of anilines is 2. The van der Waals surface area contributed by atoms with Crippen LogP contribution in [0, 0.1) is 0 Å². The standard InChI is InChI=1S/C14H26N6/c1-4-6-12-16-13(18-15)9-14(17-12)20(3)10-11-7-5-8-19(11)2/h9,11H,4-8,10,15H2,1-3H3,(H,16,17,18). The summed E-state index contributed by atoms with van der Waals surface area (Å²) in [6.07, 6.45) is 4.45. The minimum Gasteiger partial charge on any atom is -0.358 e. The van der Waals surface area contributed by atoms with Gasteiger partial charge in [0.15, 0.2) is 0 Å². The van der Waals surface area contributed by atoms with Gasteiger partial charge in [-0.05, 0) is 32.9 Å². The summed E-state index contributed by atoms with van der Waals surface area (Å²) < 4.78 is 0. The number of hydrazine groups is 1. The second-order valence-corrected chi connectivity index (χ2v) is 5.58. The minimum absolute atomic E-state index is 0.610. The molecular formula is C14H26N6. The fraction of sp³-hybridized carbons (Fsp3) is 0.714. The van der Waals surface area contributed by atoms with Crippen LogP contribution in [-0.2, 0) is 6.42 Å². The smallest absolute Gasteiger partial charge is 0.145 e. The van der Waals surface area contributed by atoms with Crippen LogP contribution in [-0.4, -0.2) is 48.1 Å². The third kappa shape index (κ3) is 3.58. The zero-order valence-electron chi connectivity index (χ0n) is 12.8. The fourth-order valence-electron chi connectivity index (χ4n) is 2.71. The molecule has 112 valence electrons. The first-order chi connectivity index (χ1) is 9.63. The first-order valence-electron chi connectivity index (χ1n) is 7.40. The number of nitrogens with two attached hydrogens (primary N) is 1. The number of nitrogens with zero attached hydrogens (tertiary/aromatic N) is 4. The summed E-state index contributed by atoms with van der Waals surface area (Å²) in [5.41, 5.74) is 2.64. The zero-order chi connectivity index (χ0) is 14.5. The maximum Gasteiger partial charge on any atom is 0.145 e. The van der Waals surface area contributed by atoms with Crippen LogP contribution in [0.4, 0.5) is 11.6 Å². The van der Waals surface area contributed by atoms with E-state index in [1.807, 2.05) is 6.07 Å². The number of hydrogen-bond acceptors (Lipinski definition) is 6. The second-order valence-electron chi connectivity index (χ2n) is 5.58. The molecule has 1 aliphatic heterocycles. The summed E-state index contributed by atoms with van der Waals surface area (Å²) in [7, 11) is 4.28. The van der Waals surface area contributed by atoms with Crippen LogP contribution in [0.25, 0.3) is 0 Å². The van der Waals surface area contributed by atoms with Crippen molar-refractivity contribution in [2.45, 2.75) is 38.6 Å². The van der Waals surface area contributed by atoms with Gasteiger partial charge in [0.25, 0.3) is 0 Å². The van der Waals surface area contributed by atoms with Gasteiger partial charge in [-0.2, -0.15) is 0 Å². The van der Waals surface area contributed by atoms with Gasteiger partial charge in [0.2, 0.25) is 0 Å². The molecule has 6 nitrogen and oxygen atoms in total. The molecule has 1 atom stereocenters. The van der Waals surface area contributed by atoms with Crippen molar-refractivity contribution in [3.8, 4) is 0 Å². The monoisotopic (exact) mass is 278 g/mol. The number of nitrogens with one attached hydrogen (secondary N) is 1. The summed E-state index contributed by atoms with van der Waals surface area (Å²) in [6, 6.07) is 2.52. The molecule has 20 heavy (non-hydrogen) atoms. The van der Waals surface area contributed by atoms with Crippen molar-refractivity contribution < 1.29 is 0 Å². The molecule has 0 bridgehead atoms. The Kier molecular flexibility index (Phi) is 5.14. The Morgan fingerprint density at radius 1 is 1.50 bits per heavy atom. The first-order valence-corrected chi connectivity index (χ1v) is 7.40. The van der Waals surface area contributed by atoms with E-state index in [-0.39, 0.29) is 0 Å². The van der Waals surface area contributed by atoms with Crippen molar-refractivity contribution in [2.24, 2.45) is 5.84 Å². The summed E-state index contributed by atoms with van der Waals surface area (Å²) in [6.45, 7) is 4.31. The molecule has 6 heteroatoms. The van der Waals surface area contributed by atoms with E-state index in [1.54, 1.807) is 0 Å². The van der Waals surface area contributed by atoms with Crippen LogP contribution in [0.5, 0.6) is 0 Å². The number of aromatic nitrogens is 2. The van der Waals surface area contributed by atoms with Gasteiger partial charge in [0.1, 0.15) is 17.5 Å². The molecule has 0 aromatic carbocycles. The van der Waals surface area contributed by atoms with Crippen molar-refractivity contribution in [1.29, 1.82) is 0 Å². The number of hydrogen-bond donors (Lipinski definition) is 2. The average molecular weight is 278 g/mol. The van der Waals surface area contributed by atoms with E-state index >= 15 is 0 Å².